The Labute approximate surface area is 157 Å². The molecule has 0 aliphatic rings. The third-order valence-electron chi connectivity index (χ3n) is 3.72. The lowest BCUT2D eigenvalue weighted by Crippen LogP contribution is -2.36. The van der Waals surface area contributed by atoms with Crippen LogP contribution in [0, 0.1) is 0 Å². The third-order valence-corrected chi connectivity index (χ3v) is 4.78. The Morgan fingerprint density at radius 3 is 2.77 bits per heavy atom. The van der Waals surface area contributed by atoms with Crippen molar-refractivity contribution in [3.63, 3.8) is 0 Å². The van der Waals surface area contributed by atoms with Crippen molar-refractivity contribution in [3.8, 4) is 5.69 Å². The second kappa shape index (κ2) is 8.48. The largest absolute Gasteiger partial charge is 0.354 e. The summed E-state index contributed by atoms with van der Waals surface area (Å²) in [5.41, 5.74) is 3.20. The number of benzene rings is 1. The molecule has 1 aromatic carbocycles. The lowest BCUT2D eigenvalue weighted by molar-refractivity contribution is 0.795. The van der Waals surface area contributed by atoms with E-state index in [-0.39, 0.29) is 0 Å². The summed E-state index contributed by atoms with van der Waals surface area (Å²) in [6, 6.07) is 10.2. The van der Waals surface area contributed by atoms with E-state index in [1.807, 2.05) is 48.1 Å². The van der Waals surface area contributed by atoms with Gasteiger partial charge in [0.25, 0.3) is 0 Å². The van der Waals surface area contributed by atoms with Crippen LogP contribution in [-0.2, 0) is 13.1 Å². The predicted octanol–water partition coefficient (Wildman–Crippen LogP) is 2.26. The molecule has 8 heteroatoms. The summed E-state index contributed by atoms with van der Waals surface area (Å²) in [6.45, 7) is 1.31. The smallest absolute Gasteiger partial charge is 0.191 e. The number of nitrogens with zero attached hydrogens (tertiary/aromatic N) is 5. The molecule has 7 nitrogen and oxygen atoms in total. The van der Waals surface area contributed by atoms with Gasteiger partial charge in [0.2, 0.25) is 0 Å². The zero-order chi connectivity index (χ0) is 18.4. The minimum absolute atomic E-state index is 0.636. The standard InChI is InChI=1S/C18H23N7S/c1-19-17(21-12-15-13-26-18(23-15)24(2)3)20-11-14-6-4-7-16(10-14)25-9-5-8-22-25/h4-10,13H,11-12H2,1-3H3,(H2,19,20,21). The maximum Gasteiger partial charge on any atom is 0.191 e. The second-order valence-corrected chi connectivity index (χ2v) is 6.75. The van der Waals surface area contributed by atoms with Crippen LogP contribution >= 0.6 is 11.3 Å². The Morgan fingerprint density at radius 1 is 1.23 bits per heavy atom. The number of anilines is 1. The highest BCUT2D eigenvalue weighted by atomic mass is 32.1. The van der Waals surface area contributed by atoms with Crippen LogP contribution < -0.4 is 15.5 Å². The van der Waals surface area contributed by atoms with Gasteiger partial charge in [-0.2, -0.15) is 5.10 Å². The molecule has 2 N–H and O–H groups in total. The topological polar surface area (TPSA) is 70.4 Å². The average molecular weight is 369 g/mol. The van der Waals surface area contributed by atoms with Crippen LogP contribution in [0.2, 0.25) is 0 Å². The monoisotopic (exact) mass is 369 g/mol. The van der Waals surface area contributed by atoms with Crippen molar-refractivity contribution in [2.75, 3.05) is 26.0 Å². The Kier molecular flexibility index (Phi) is 5.85. The van der Waals surface area contributed by atoms with Crippen molar-refractivity contribution in [2.45, 2.75) is 13.1 Å². The maximum atomic E-state index is 4.56. The zero-order valence-electron chi connectivity index (χ0n) is 15.2. The summed E-state index contributed by atoms with van der Waals surface area (Å²) in [6.07, 6.45) is 3.71. The predicted molar refractivity (Wildman–Crippen MR) is 107 cm³/mol. The van der Waals surface area contributed by atoms with Gasteiger partial charge in [-0.25, -0.2) is 9.67 Å². The summed E-state index contributed by atoms with van der Waals surface area (Å²) in [7, 11) is 5.75. The van der Waals surface area contributed by atoms with Crippen molar-refractivity contribution >= 4 is 22.4 Å². The highest BCUT2D eigenvalue weighted by Crippen LogP contribution is 2.17. The van der Waals surface area contributed by atoms with Crippen LogP contribution in [0.1, 0.15) is 11.3 Å². The fourth-order valence-corrected chi connectivity index (χ4v) is 3.15. The van der Waals surface area contributed by atoms with Gasteiger partial charge in [0.05, 0.1) is 17.9 Å². The normalized spacial score (nSPS) is 11.4. The van der Waals surface area contributed by atoms with Crippen LogP contribution in [0.15, 0.2) is 53.1 Å². The molecule has 3 aromatic rings. The van der Waals surface area contributed by atoms with E-state index in [2.05, 4.69) is 43.2 Å². The van der Waals surface area contributed by atoms with Crippen molar-refractivity contribution in [2.24, 2.45) is 4.99 Å². The lowest BCUT2D eigenvalue weighted by Gasteiger charge is -2.12. The van der Waals surface area contributed by atoms with Crippen molar-refractivity contribution in [1.82, 2.24) is 25.4 Å². The van der Waals surface area contributed by atoms with E-state index in [1.165, 1.54) is 0 Å². The minimum atomic E-state index is 0.636. The molecule has 0 radical (unpaired) electrons. The molecule has 0 bridgehead atoms. The molecule has 0 atom stereocenters. The molecule has 136 valence electrons. The molecule has 0 aliphatic heterocycles. The number of aromatic nitrogens is 3. The van der Waals surface area contributed by atoms with Crippen LogP contribution in [-0.4, -0.2) is 41.9 Å². The molecule has 2 aromatic heterocycles. The van der Waals surface area contributed by atoms with Gasteiger partial charge in [-0.05, 0) is 23.8 Å². The summed E-state index contributed by atoms with van der Waals surface area (Å²) in [5, 5.41) is 14.0. The van der Waals surface area contributed by atoms with Crippen LogP contribution in [0.3, 0.4) is 0 Å². The van der Waals surface area contributed by atoms with Gasteiger partial charge in [0, 0.05) is 45.5 Å². The number of aliphatic imine (C=N–C) groups is 1. The van der Waals surface area contributed by atoms with Crippen LogP contribution in [0.4, 0.5) is 5.13 Å². The molecular weight excluding hydrogens is 346 g/mol. The van der Waals surface area contributed by atoms with E-state index < -0.39 is 0 Å². The second-order valence-electron chi connectivity index (χ2n) is 5.92. The van der Waals surface area contributed by atoms with E-state index in [1.54, 1.807) is 24.6 Å². The SMILES string of the molecule is CN=C(NCc1cccc(-n2cccn2)c1)NCc1csc(N(C)C)n1. The Balaban J connectivity index is 1.55. The first-order chi connectivity index (χ1) is 12.7. The Bertz CT molecular complexity index is 852. The van der Waals surface area contributed by atoms with Gasteiger partial charge < -0.3 is 15.5 Å². The molecule has 3 rings (SSSR count). The van der Waals surface area contributed by atoms with Gasteiger partial charge in [0.15, 0.2) is 11.1 Å². The number of nitrogens with one attached hydrogen (secondary N) is 2. The fourth-order valence-electron chi connectivity index (χ4n) is 2.39. The highest BCUT2D eigenvalue weighted by molar-refractivity contribution is 7.13. The maximum absolute atomic E-state index is 4.56. The Morgan fingerprint density at radius 2 is 2.08 bits per heavy atom. The fraction of sp³-hybridized carbons (Fsp3) is 0.278. The van der Waals surface area contributed by atoms with Gasteiger partial charge >= 0.3 is 0 Å². The van der Waals surface area contributed by atoms with E-state index >= 15 is 0 Å². The number of thiazole rings is 1. The zero-order valence-corrected chi connectivity index (χ0v) is 16.0. The average Bonchev–Trinajstić information content (AvgIpc) is 3.34. The molecule has 2 heterocycles. The molecule has 0 saturated heterocycles. The van der Waals surface area contributed by atoms with Gasteiger partial charge in [-0.3, -0.25) is 4.99 Å². The number of hydrogen-bond acceptors (Lipinski definition) is 5. The highest BCUT2D eigenvalue weighted by Gasteiger charge is 2.05. The number of rotatable bonds is 6. The first-order valence-corrected chi connectivity index (χ1v) is 9.19. The summed E-state index contributed by atoms with van der Waals surface area (Å²) in [4.78, 5) is 10.8. The molecule has 0 aliphatic carbocycles. The Hall–Kier alpha value is -2.87. The molecule has 0 amide bonds. The van der Waals surface area contributed by atoms with Crippen LogP contribution in [0.5, 0.6) is 0 Å². The summed E-state index contributed by atoms with van der Waals surface area (Å²) >= 11 is 1.63. The number of guanidine groups is 1. The van der Waals surface area contributed by atoms with E-state index in [0.29, 0.717) is 13.1 Å². The quantitative estimate of drug-likeness (QED) is 0.515. The summed E-state index contributed by atoms with van der Waals surface area (Å²) < 4.78 is 1.85. The lowest BCUT2D eigenvalue weighted by atomic mass is 10.2. The van der Waals surface area contributed by atoms with E-state index in [9.17, 15) is 0 Å². The van der Waals surface area contributed by atoms with E-state index in [0.717, 1.165) is 28.0 Å². The van der Waals surface area contributed by atoms with Gasteiger partial charge in [-0.1, -0.05) is 12.1 Å². The molecular formula is C18H23N7S. The summed E-state index contributed by atoms with van der Waals surface area (Å²) in [5.74, 6) is 0.744. The van der Waals surface area contributed by atoms with Crippen molar-refractivity contribution in [3.05, 3.63) is 59.4 Å². The number of hydrogen-bond donors (Lipinski definition) is 2. The van der Waals surface area contributed by atoms with Gasteiger partial charge in [0.1, 0.15) is 0 Å². The first kappa shape index (κ1) is 17.9. The minimum Gasteiger partial charge on any atom is -0.354 e. The van der Waals surface area contributed by atoms with Crippen molar-refractivity contribution in [1.29, 1.82) is 0 Å². The van der Waals surface area contributed by atoms with Gasteiger partial charge in [-0.15, -0.1) is 11.3 Å². The van der Waals surface area contributed by atoms with Crippen molar-refractivity contribution < 1.29 is 0 Å². The third kappa shape index (κ3) is 4.60. The first-order valence-electron chi connectivity index (χ1n) is 8.31. The molecule has 0 saturated carbocycles. The molecule has 0 fully saturated rings. The van der Waals surface area contributed by atoms with E-state index in [4.69, 9.17) is 0 Å². The molecule has 0 spiro atoms. The molecule has 26 heavy (non-hydrogen) atoms. The molecule has 0 unspecified atom stereocenters. The van der Waals surface area contributed by atoms with Crippen LogP contribution in [0.25, 0.3) is 5.69 Å².